The van der Waals surface area contributed by atoms with E-state index >= 15 is 0 Å². The zero-order valence-corrected chi connectivity index (χ0v) is 11.3. The number of phenolic OH excluding ortho intramolecular Hbond substituents is 1. The average Bonchev–Trinajstić information content (AvgIpc) is 2.38. The Morgan fingerprint density at radius 2 is 1.75 bits per heavy atom. The number of benzene rings is 1. The number of carboxylic acid groups (broad SMARTS) is 2. The van der Waals surface area contributed by atoms with Gasteiger partial charge in [-0.1, -0.05) is 6.07 Å². The summed E-state index contributed by atoms with van der Waals surface area (Å²) in [6, 6.07) is 2.50. The van der Waals surface area contributed by atoms with Gasteiger partial charge in [0.05, 0.1) is 0 Å². The molecule has 1 aromatic carbocycles. The summed E-state index contributed by atoms with van der Waals surface area (Å²) in [6.45, 7) is 0. The Labute approximate surface area is 119 Å². The van der Waals surface area contributed by atoms with Crippen molar-refractivity contribution in [3.05, 3.63) is 23.8 Å². The number of hydrogen-bond donors (Lipinski definition) is 5. The number of rotatable bonds is 7. The first-order chi connectivity index (χ1) is 9.31. The maximum absolute atomic E-state index is 10.7. The van der Waals surface area contributed by atoms with E-state index < -0.39 is 24.0 Å². The molecule has 1 rings (SSSR count). The minimum absolute atomic E-state index is 0.0137. The number of nitrogens with two attached hydrogens (primary N) is 2. The number of aliphatic carboxylic acids is 2. The van der Waals surface area contributed by atoms with Crippen molar-refractivity contribution < 1.29 is 24.9 Å². The van der Waals surface area contributed by atoms with Gasteiger partial charge in [-0.15, -0.1) is 11.8 Å². The van der Waals surface area contributed by atoms with Gasteiger partial charge in [-0.3, -0.25) is 9.59 Å². The summed E-state index contributed by atoms with van der Waals surface area (Å²) in [5.41, 5.74) is 11.4. The van der Waals surface area contributed by atoms with E-state index in [9.17, 15) is 14.7 Å². The second-order valence-electron chi connectivity index (χ2n) is 4.21. The predicted octanol–water partition coefficient (Wildman–Crippen LogP) is -0.149. The molecule has 0 radical (unpaired) electrons. The SMILES string of the molecule is N[C@@H](CSc1cc(C[C@H](N)C(=O)O)ccc1O)C(=O)O. The van der Waals surface area contributed by atoms with E-state index in [4.69, 9.17) is 21.7 Å². The molecule has 0 bridgehead atoms. The van der Waals surface area contributed by atoms with Gasteiger partial charge in [0.2, 0.25) is 0 Å². The number of phenols is 1. The monoisotopic (exact) mass is 300 g/mol. The van der Waals surface area contributed by atoms with Gasteiger partial charge < -0.3 is 26.8 Å². The van der Waals surface area contributed by atoms with Crippen LogP contribution in [0.1, 0.15) is 5.56 Å². The van der Waals surface area contributed by atoms with Crippen molar-refractivity contribution in [2.45, 2.75) is 23.4 Å². The molecular formula is C12H16N2O5S. The lowest BCUT2D eigenvalue weighted by Crippen LogP contribution is -2.32. The number of thioether (sulfide) groups is 1. The van der Waals surface area contributed by atoms with Crippen LogP contribution in [0.25, 0.3) is 0 Å². The molecule has 0 saturated heterocycles. The van der Waals surface area contributed by atoms with Gasteiger partial charge in [-0.25, -0.2) is 0 Å². The van der Waals surface area contributed by atoms with Crippen molar-refractivity contribution in [1.82, 2.24) is 0 Å². The fourth-order valence-corrected chi connectivity index (χ4v) is 2.35. The van der Waals surface area contributed by atoms with Gasteiger partial charge in [0, 0.05) is 10.6 Å². The first kappa shape index (κ1) is 16.3. The fourth-order valence-electron chi connectivity index (χ4n) is 1.39. The van der Waals surface area contributed by atoms with Gasteiger partial charge in [-0.05, 0) is 24.1 Å². The molecule has 8 heteroatoms. The van der Waals surface area contributed by atoms with Crippen molar-refractivity contribution in [3.8, 4) is 5.75 Å². The molecule has 0 fully saturated rings. The highest BCUT2D eigenvalue weighted by molar-refractivity contribution is 7.99. The van der Waals surface area contributed by atoms with E-state index in [1.54, 1.807) is 12.1 Å². The molecule has 0 aliphatic rings. The van der Waals surface area contributed by atoms with Gasteiger partial charge in [-0.2, -0.15) is 0 Å². The van der Waals surface area contributed by atoms with E-state index in [1.807, 2.05) is 0 Å². The third-order valence-electron chi connectivity index (χ3n) is 2.53. The molecule has 20 heavy (non-hydrogen) atoms. The van der Waals surface area contributed by atoms with Crippen LogP contribution in [0, 0.1) is 0 Å². The van der Waals surface area contributed by atoms with E-state index in [2.05, 4.69) is 0 Å². The molecule has 0 saturated carbocycles. The van der Waals surface area contributed by atoms with E-state index in [-0.39, 0.29) is 17.9 Å². The lowest BCUT2D eigenvalue weighted by molar-refractivity contribution is -0.139. The summed E-state index contributed by atoms with van der Waals surface area (Å²) in [6.07, 6.45) is 0.119. The topological polar surface area (TPSA) is 147 Å². The second kappa shape index (κ2) is 7.13. The summed E-state index contributed by atoms with van der Waals surface area (Å²) in [5.74, 6) is -2.15. The summed E-state index contributed by atoms with van der Waals surface area (Å²) >= 11 is 1.09. The molecule has 7 N–H and O–H groups in total. The second-order valence-corrected chi connectivity index (χ2v) is 5.27. The quantitative estimate of drug-likeness (QED) is 0.437. The Kier molecular flexibility index (Phi) is 5.81. The number of carboxylic acids is 2. The Balaban J connectivity index is 2.76. The van der Waals surface area contributed by atoms with Crippen molar-refractivity contribution in [3.63, 3.8) is 0 Å². The molecule has 0 aliphatic heterocycles. The van der Waals surface area contributed by atoms with Crippen LogP contribution < -0.4 is 11.5 Å². The van der Waals surface area contributed by atoms with E-state index in [0.29, 0.717) is 10.5 Å². The zero-order chi connectivity index (χ0) is 15.3. The molecule has 0 aliphatic carbocycles. The van der Waals surface area contributed by atoms with Crippen LogP contribution in [-0.2, 0) is 16.0 Å². The number of aromatic hydroxyl groups is 1. The summed E-state index contributed by atoms with van der Waals surface area (Å²) in [5, 5.41) is 27.1. The van der Waals surface area contributed by atoms with E-state index in [1.165, 1.54) is 6.07 Å². The first-order valence-electron chi connectivity index (χ1n) is 5.72. The Bertz CT molecular complexity index is 509. The molecule has 1 aromatic rings. The van der Waals surface area contributed by atoms with Crippen LogP contribution >= 0.6 is 11.8 Å². The summed E-state index contributed by atoms with van der Waals surface area (Å²) in [4.78, 5) is 21.7. The third kappa shape index (κ3) is 4.72. The van der Waals surface area contributed by atoms with Crippen molar-refractivity contribution in [1.29, 1.82) is 0 Å². The molecule has 0 spiro atoms. The minimum atomic E-state index is -1.12. The highest BCUT2D eigenvalue weighted by Crippen LogP contribution is 2.30. The van der Waals surface area contributed by atoms with Crippen molar-refractivity contribution in [2.24, 2.45) is 11.5 Å². The zero-order valence-electron chi connectivity index (χ0n) is 10.5. The normalized spacial score (nSPS) is 13.7. The Hall–Kier alpha value is -1.77. The van der Waals surface area contributed by atoms with Gasteiger partial charge in [0.1, 0.15) is 17.8 Å². The van der Waals surface area contributed by atoms with Crippen LogP contribution in [0.2, 0.25) is 0 Å². The Morgan fingerprint density at radius 1 is 1.15 bits per heavy atom. The molecule has 0 aromatic heterocycles. The van der Waals surface area contributed by atoms with Crippen LogP contribution in [0.15, 0.2) is 23.1 Å². The smallest absolute Gasteiger partial charge is 0.321 e. The van der Waals surface area contributed by atoms with Crippen molar-refractivity contribution >= 4 is 23.7 Å². The first-order valence-corrected chi connectivity index (χ1v) is 6.71. The van der Waals surface area contributed by atoms with Crippen LogP contribution in [0.3, 0.4) is 0 Å². The standard InChI is InChI=1S/C12H16N2O5S/c13-7(11(16)17)3-6-1-2-9(15)10(4-6)20-5-8(14)12(18)19/h1-2,4,7-8,15H,3,5,13-14H2,(H,16,17)(H,18,19)/t7-,8-/m0/s1. The van der Waals surface area contributed by atoms with Crippen LogP contribution in [0.5, 0.6) is 5.75 Å². The Morgan fingerprint density at radius 3 is 2.30 bits per heavy atom. The van der Waals surface area contributed by atoms with Gasteiger partial charge in [0.15, 0.2) is 0 Å². The summed E-state index contributed by atoms with van der Waals surface area (Å²) < 4.78 is 0. The molecular weight excluding hydrogens is 284 g/mol. The highest BCUT2D eigenvalue weighted by Gasteiger charge is 2.15. The average molecular weight is 300 g/mol. The maximum atomic E-state index is 10.7. The molecule has 2 atom stereocenters. The molecule has 7 nitrogen and oxygen atoms in total. The predicted molar refractivity (Wildman–Crippen MR) is 73.8 cm³/mol. The summed E-state index contributed by atoms with van der Waals surface area (Å²) in [7, 11) is 0. The minimum Gasteiger partial charge on any atom is -0.507 e. The van der Waals surface area contributed by atoms with E-state index in [0.717, 1.165) is 11.8 Å². The molecule has 0 heterocycles. The third-order valence-corrected chi connectivity index (χ3v) is 3.70. The van der Waals surface area contributed by atoms with Gasteiger partial charge >= 0.3 is 11.9 Å². The van der Waals surface area contributed by atoms with Crippen molar-refractivity contribution in [2.75, 3.05) is 5.75 Å². The maximum Gasteiger partial charge on any atom is 0.321 e. The largest absolute Gasteiger partial charge is 0.507 e. The molecule has 110 valence electrons. The van der Waals surface area contributed by atoms with Crippen LogP contribution in [0.4, 0.5) is 0 Å². The number of hydrogen-bond acceptors (Lipinski definition) is 6. The highest BCUT2D eigenvalue weighted by atomic mass is 32.2. The number of carbonyl (C=O) groups is 2. The fraction of sp³-hybridized carbons (Fsp3) is 0.333. The lowest BCUT2D eigenvalue weighted by Gasteiger charge is -2.11. The lowest BCUT2D eigenvalue weighted by atomic mass is 10.1. The molecule has 0 unspecified atom stereocenters. The van der Waals surface area contributed by atoms with Crippen LogP contribution in [-0.4, -0.2) is 45.1 Å². The van der Waals surface area contributed by atoms with Gasteiger partial charge in [0.25, 0.3) is 0 Å². The molecule has 0 amide bonds.